The fourth-order valence-corrected chi connectivity index (χ4v) is 3.66. The van der Waals surface area contributed by atoms with Crippen LogP contribution >= 0.6 is 0 Å². The highest BCUT2D eigenvalue weighted by molar-refractivity contribution is 5.94. The standard InChI is InChI=1S/C20H17N9/c21-12-9-29(10-12)18-8-23-7-17(25-18)13-1-2-14-19(26-13)20(28-27-14)15-5-11-3-4-22-6-16(11)24-15/h1-8,12,24H,9-10,21H2,(H,27,28). The van der Waals surface area contributed by atoms with E-state index < -0.39 is 0 Å². The van der Waals surface area contributed by atoms with Gasteiger partial charge >= 0.3 is 0 Å². The number of H-pyrrole nitrogens is 2. The smallest absolute Gasteiger partial charge is 0.147 e. The molecule has 6 rings (SSSR count). The quantitative estimate of drug-likeness (QED) is 0.436. The Morgan fingerprint density at radius 2 is 1.90 bits per heavy atom. The molecule has 0 aliphatic carbocycles. The lowest BCUT2D eigenvalue weighted by molar-refractivity contribution is 0.514. The summed E-state index contributed by atoms with van der Waals surface area (Å²) in [5.74, 6) is 0.821. The van der Waals surface area contributed by atoms with Crippen molar-refractivity contribution in [2.75, 3.05) is 18.0 Å². The van der Waals surface area contributed by atoms with E-state index in [0.717, 1.165) is 63.6 Å². The number of aromatic nitrogens is 7. The highest BCUT2D eigenvalue weighted by Crippen LogP contribution is 2.29. The summed E-state index contributed by atoms with van der Waals surface area (Å²) in [6, 6.07) is 8.11. The number of fused-ring (bicyclic) bond motifs is 2. The van der Waals surface area contributed by atoms with Crippen molar-refractivity contribution in [3.05, 3.63) is 49.1 Å². The van der Waals surface area contributed by atoms with Crippen LogP contribution in [0, 0.1) is 0 Å². The van der Waals surface area contributed by atoms with Crippen LogP contribution in [0.3, 0.4) is 0 Å². The predicted octanol–water partition coefficient (Wildman–Crippen LogP) is 2.11. The van der Waals surface area contributed by atoms with Crippen molar-refractivity contribution in [2.24, 2.45) is 5.73 Å². The molecule has 1 saturated heterocycles. The second kappa shape index (κ2) is 6.08. The number of aromatic amines is 2. The number of nitrogens with zero attached hydrogens (tertiary/aromatic N) is 6. The van der Waals surface area contributed by atoms with E-state index in [0.29, 0.717) is 0 Å². The molecule has 0 bridgehead atoms. The first-order valence-electron chi connectivity index (χ1n) is 9.36. The number of nitrogens with two attached hydrogens (primary N) is 1. The van der Waals surface area contributed by atoms with Crippen molar-refractivity contribution in [1.82, 2.24) is 35.1 Å². The SMILES string of the molecule is NC1CN(c2cncc(-c3ccc4[nH]nc(-c5cc6ccncc6[nH]5)c4n3)n2)C1. The molecule has 0 saturated carbocycles. The maximum atomic E-state index is 5.89. The maximum Gasteiger partial charge on any atom is 0.147 e. The highest BCUT2D eigenvalue weighted by Gasteiger charge is 2.24. The van der Waals surface area contributed by atoms with E-state index in [2.05, 4.69) is 36.1 Å². The van der Waals surface area contributed by atoms with Crippen molar-refractivity contribution in [3.8, 4) is 22.8 Å². The molecule has 1 aliphatic rings. The van der Waals surface area contributed by atoms with Crippen LogP contribution in [-0.4, -0.2) is 54.2 Å². The Hall–Kier alpha value is -3.85. The summed E-state index contributed by atoms with van der Waals surface area (Å²) in [7, 11) is 0. The molecule has 0 amide bonds. The highest BCUT2D eigenvalue weighted by atomic mass is 15.3. The lowest BCUT2D eigenvalue weighted by atomic mass is 10.1. The Kier molecular flexibility index (Phi) is 3.38. The molecule has 4 N–H and O–H groups in total. The van der Waals surface area contributed by atoms with Crippen molar-refractivity contribution < 1.29 is 0 Å². The fourth-order valence-electron chi connectivity index (χ4n) is 3.66. The van der Waals surface area contributed by atoms with Gasteiger partial charge in [-0.1, -0.05) is 0 Å². The fraction of sp³-hybridized carbons (Fsp3) is 0.150. The first-order valence-corrected chi connectivity index (χ1v) is 9.36. The summed E-state index contributed by atoms with van der Waals surface area (Å²) < 4.78 is 0. The zero-order chi connectivity index (χ0) is 19.4. The number of anilines is 1. The molecule has 0 unspecified atom stereocenters. The molecule has 9 heteroatoms. The van der Waals surface area contributed by atoms with Crippen molar-refractivity contribution in [1.29, 1.82) is 0 Å². The molecule has 0 spiro atoms. The maximum absolute atomic E-state index is 5.89. The molecule has 0 radical (unpaired) electrons. The first kappa shape index (κ1) is 16.1. The molecule has 5 aromatic heterocycles. The van der Waals surface area contributed by atoms with Crippen molar-refractivity contribution in [3.63, 3.8) is 0 Å². The molecule has 9 nitrogen and oxygen atoms in total. The molecule has 0 aromatic carbocycles. The summed E-state index contributed by atoms with van der Waals surface area (Å²) in [6.07, 6.45) is 7.06. The average Bonchev–Trinajstić information content (AvgIpc) is 3.34. The lowest BCUT2D eigenvalue weighted by Crippen LogP contribution is -2.56. The van der Waals surface area contributed by atoms with Gasteiger partial charge in [-0.05, 0) is 24.3 Å². The third-order valence-corrected chi connectivity index (χ3v) is 5.20. The number of pyridine rings is 2. The normalized spacial score (nSPS) is 14.6. The van der Waals surface area contributed by atoms with Crippen LogP contribution in [0.25, 0.3) is 44.7 Å². The second-order valence-corrected chi connectivity index (χ2v) is 7.24. The van der Waals surface area contributed by atoms with E-state index in [1.807, 2.05) is 18.2 Å². The van der Waals surface area contributed by atoms with Gasteiger partial charge in [0.1, 0.15) is 22.7 Å². The topological polar surface area (TPSA) is 125 Å². The Morgan fingerprint density at radius 3 is 2.76 bits per heavy atom. The molecule has 0 atom stereocenters. The minimum Gasteiger partial charge on any atom is -0.352 e. The molecule has 1 aliphatic heterocycles. The van der Waals surface area contributed by atoms with Crippen molar-refractivity contribution >= 4 is 27.8 Å². The number of rotatable bonds is 3. The van der Waals surface area contributed by atoms with Gasteiger partial charge in [-0.2, -0.15) is 5.10 Å². The van der Waals surface area contributed by atoms with Gasteiger partial charge in [0.15, 0.2) is 0 Å². The minimum atomic E-state index is 0.204. The molecule has 1 fully saturated rings. The van der Waals surface area contributed by atoms with E-state index in [1.54, 1.807) is 24.8 Å². The summed E-state index contributed by atoms with van der Waals surface area (Å²) >= 11 is 0. The van der Waals surface area contributed by atoms with Gasteiger partial charge < -0.3 is 15.6 Å². The van der Waals surface area contributed by atoms with Gasteiger partial charge in [0.05, 0.1) is 41.0 Å². The average molecular weight is 383 g/mol. The third-order valence-electron chi connectivity index (χ3n) is 5.20. The third kappa shape index (κ3) is 2.63. The monoisotopic (exact) mass is 383 g/mol. The van der Waals surface area contributed by atoms with Gasteiger partial charge in [-0.3, -0.25) is 15.1 Å². The zero-order valence-electron chi connectivity index (χ0n) is 15.4. The van der Waals surface area contributed by atoms with Crippen LogP contribution in [0.5, 0.6) is 0 Å². The summed E-state index contributed by atoms with van der Waals surface area (Å²) in [5, 5.41) is 8.61. The number of hydrogen-bond donors (Lipinski definition) is 3. The molecule has 6 heterocycles. The van der Waals surface area contributed by atoms with E-state index in [4.69, 9.17) is 15.7 Å². The van der Waals surface area contributed by atoms with Crippen LogP contribution < -0.4 is 10.6 Å². The van der Waals surface area contributed by atoms with Gasteiger partial charge in [-0.25, -0.2) is 9.97 Å². The van der Waals surface area contributed by atoms with E-state index in [1.165, 1.54) is 0 Å². The number of nitrogens with one attached hydrogen (secondary N) is 2. The van der Waals surface area contributed by atoms with Gasteiger partial charge in [0.25, 0.3) is 0 Å². The van der Waals surface area contributed by atoms with E-state index in [-0.39, 0.29) is 6.04 Å². The van der Waals surface area contributed by atoms with Gasteiger partial charge in [0.2, 0.25) is 0 Å². The Bertz CT molecular complexity index is 1310. The summed E-state index contributed by atoms with van der Waals surface area (Å²) in [4.78, 5) is 23.5. The summed E-state index contributed by atoms with van der Waals surface area (Å²) in [5.41, 5.74) is 11.6. The second-order valence-electron chi connectivity index (χ2n) is 7.24. The van der Waals surface area contributed by atoms with Gasteiger partial charge in [0, 0.05) is 30.7 Å². The van der Waals surface area contributed by atoms with Gasteiger partial charge in [-0.15, -0.1) is 0 Å². The first-order chi connectivity index (χ1) is 14.2. The number of hydrogen-bond acceptors (Lipinski definition) is 7. The zero-order valence-corrected chi connectivity index (χ0v) is 15.4. The van der Waals surface area contributed by atoms with Crippen LogP contribution in [0.1, 0.15) is 0 Å². The lowest BCUT2D eigenvalue weighted by Gasteiger charge is -2.37. The van der Waals surface area contributed by atoms with Crippen LogP contribution in [0.2, 0.25) is 0 Å². The predicted molar refractivity (Wildman–Crippen MR) is 110 cm³/mol. The summed E-state index contributed by atoms with van der Waals surface area (Å²) in [6.45, 7) is 1.59. The van der Waals surface area contributed by atoms with E-state index >= 15 is 0 Å². The molecule has 142 valence electrons. The van der Waals surface area contributed by atoms with E-state index in [9.17, 15) is 0 Å². The molecule has 5 aromatic rings. The van der Waals surface area contributed by atoms with Crippen LogP contribution in [-0.2, 0) is 0 Å². The van der Waals surface area contributed by atoms with Crippen LogP contribution in [0.4, 0.5) is 5.82 Å². The Labute approximate surface area is 165 Å². The minimum absolute atomic E-state index is 0.204. The molecular formula is C20H17N9. The largest absolute Gasteiger partial charge is 0.352 e. The Morgan fingerprint density at radius 1 is 0.966 bits per heavy atom. The van der Waals surface area contributed by atoms with Crippen LogP contribution in [0.15, 0.2) is 49.1 Å². The molecule has 29 heavy (non-hydrogen) atoms. The van der Waals surface area contributed by atoms with Crippen molar-refractivity contribution in [2.45, 2.75) is 6.04 Å². The molecular weight excluding hydrogens is 366 g/mol. The Balaban J connectivity index is 1.43.